The van der Waals surface area contributed by atoms with Crippen molar-refractivity contribution < 1.29 is 4.74 Å². The molecule has 1 unspecified atom stereocenters. The molecule has 0 radical (unpaired) electrons. The van der Waals surface area contributed by atoms with Crippen molar-refractivity contribution in [2.45, 2.75) is 38.6 Å². The Balaban J connectivity index is 1.97. The van der Waals surface area contributed by atoms with Crippen molar-refractivity contribution in [2.75, 3.05) is 19.7 Å². The second kappa shape index (κ2) is 7.16. The number of hydrogen-bond donors (Lipinski definition) is 0. The third-order valence-corrected chi connectivity index (χ3v) is 3.67. The molecule has 0 aromatic heterocycles. The molecule has 1 aromatic rings. The summed E-state index contributed by atoms with van der Waals surface area (Å²) in [4.78, 5) is 2.51. The lowest BCUT2D eigenvalue weighted by Gasteiger charge is -2.24. The van der Waals surface area contributed by atoms with Crippen LogP contribution in [0.15, 0.2) is 24.3 Å². The Morgan fingerprint density at radius 1 is 1.37 bits per heavy atom. The first kappa shape index (κ1) is 13.9. The van der Waals surface area contributed by atoms with Crippen LogP contribution in [-0.2, 0) is 0 Å². The lowest BCUT2D eigenvalue weighted by atomic mass is 10.0. The summed E-state index contributed by atoms with van der Waals surface area (Å²) in [7, 11) is 0. The molecule has 102 valence electrons. The number of rotatable bonds is 6. The summed E-state index contributed by atoms with van der Waals surface area (Å²) >= 11 is 0. The van der Waals surface area contributed by atoms with Gasteiger partial charge < -0.3 is 4.74 Å². The SMILES string of the molecule is CCOc1ccc(C2CCCN2CCCC#N)cc1. The normalized spacial score (nSPS) is 19.3. The van der Waals surface area contributed by atoms with Gasteiger partial charge in [0.05, 0.1) is 12.7 Å². The molecule has 0 bridgehead atoms. The Kier molecular flexibility index (Phi) is 5.23. The van der Waals surface area contributed by atoms with Gasteiger partial charge in [0.1, 0.15) is 5.75 Å². The van der Waals surface area contributed by atoms with Crippen LogP contribution in [0.1, 0.15) is 44.2 Å². The summed E-state index contributed by atoms with van der Waals surface area (Å²) in [6.07, 6.45) is 4.11. The first-order valence-corrected chi connectivity index (χ1v) is 7.19. The lowest BCUT2D eigenvalue weighted by molar-refractivity contribution is 0.255. The summed E-state index contributed by atoms with van der Waals surface area (Å²) in [6.45, 7) is 4.90. The minimum Gasteiger partial charge on any atom is -0.494 e. The number of likely N-dealkylation sites (tertiary alicyclic amines) is 1. The van der Waals surface area contributed by atoms with Gasteiger partial charge in [-0.2, -0.15) is 5.26 Å². The maximum atomic E-state index is 8.62. The Hall–Kier alpha value is -1.53. The molecular weight excluding hydrogens is 236 g/mol. The maximum absolute atomic E-state index is 8.62. The van der Waals surface area contributed by atoms with Gasteiger partial charge in [-0.1, -0.05) is 12.1 Å². The summed E-state index contributed by atoms with van der Waals surface area (Å²) < 4.78 is 5.48. The van der Waals surface area contributed by atoms with E-state index in [1.165, 1.54) is 18.4 Å². The Labute approximate surface area is 115 Å². The number of ether oxygens (including phenoxy) is 1. The number of hydrogen-bond acceptors (Lipinski definition) is 3. The van der Waals surface area contributed by atoms with Crippen LogP contribution >= 0.6 is 0 Å². The molecule has 0 amide bonds. The van der Waals surface area contributed by atoms with Crippen LogP contribution in [0.4, 0.5) is 0 Å². The molecule has 1 aromatic carbocycles. The van der Waals surface area contributed by atoms with Gasteiger partial charge in [0.15, 0.2) is 0 Å². The van der Waals surface area contributed by atoms with Crippen LogP contribution in [0.5, 0.6) is 5.75 Å². The molecule has 3 heteroatoms. The molecule has 3 nitrogen and oxygen atoms in total. The van der Waals surface area contributed by atoms with Crippen molar-refractivity contribution in [1.82, 2.24) is 4.90 Å². The Bertz CT molecular complexity index is 421. The van der Waals surface area contributed by atoms with E-state index in [1.807, 2.05) is 6.92 Å². The zero-order valence-electron chi connectivity index (χ0n) is 11.6. The molecular formula is C16H22N2O. The third kappa shape index (κ3) is 3.71. The van der Waals surface area contributed by atoms with E-state index in [4.69, 9.17) is 10.00 Å². The second-order valence-corrected chi connectivity index (χ2v) is 4.96. The summed E-state index contributed by atoms with van der Waals surface area (Å²) in [5.74, 6) is 0.945. The molecule has 1 aliphatic heterocycles. The first-order chi connectivity index (χ1) is 9.35. The van der Waals surface area contributed by atoms with E-state index in [1.54, 1.807) is 0 Å². The van der Waals surface area contributed by atoms with Gasteiger partial charge >= 0.3 is 0 Å². The summed E-state index contributed by atoms with van der Waals surface area (Å²) in [5, 5.41) is 8.62. The van der Waals surface area contributed by atoms with Crippen molar-refractivity contribution in [3.8, 4) is 11.8 Å². The van der Waals surface area contributed by atoms with Crippen LogP contribution in [0.25, 0.3) is 0 Å². The third-order valence-electron chi connectivity index (χ3n) is 3.67. The zero-order valence-corrected chi connectivity index (χ0v) is 11.6. The quantitative estimate of drug-likeness (QED) is 0.732. The lowest BCUT2D eigenvalue weighted by Crippen LogP contribution is -2.24. The molecule has 0 aliphatic carbocycles. The van der Waals surface area contributed by atoms with E-state index in [0.717, 1.165) is 25.3 Å². The number of nitriles is 1. The number of nitrogens with zero attached hydrogens (tertiary/aromatic N) is 2. The Morgan fingerprint density at radius 2 is 2.16 bits per heavy atom. The average molecular weight is 258 g/mol. The summed E-state index contributed by atoms with van der Waals surface area (Å²) in [5.41, 5.74) is 1.37. The number of unbranched alkanes of at least 4 members (excludes halogenated alkanes) is 1. The van der Waals surface area contributed by atoms with Crippen molar-refractivity contribution >= 4 is 0 Å². The smallest absolute Gasteiger partial charge is 0.119 e. The van der Waals surface area contributed by atoms with E-state index in [2.05, 4.69) is 35.2 Å². The molecule has 1 aliphatic rings. The summed E-state index contributed by atoms with van der Waals surface area (Å²) in [6, 6.07) is 11.2. The minimum atomic E-state index is 0.523. The molecule has 1 fully saturated rings. The van der Waals surface area contributed by atoms with Gasteiger partial charge in [0, 0.05) is 12.5 Å². The second-order valence-electron chi connectivity index (χ2n) is 4.96. The molecule has 1 atom stereocenters. The van der Waals surface area contributed by atoms with Gasteiger partial charge in [-0.15, -0.1) is 0 Å². The molecule has 2 rings (SSSR count). The predicted octanol–water partition coefficient (Wildman–Crippen LogP) is 3.53. The van der Waals surface area contributed by atoms with Crippen molar-refractivity contribution in [1.29, 1.82) is 5.26 Å². The highest BCUT2D eigenvalue weighted by Gasteiger charge is 2.25. The van der Waals surface area contributed by atoms with Crippen LogP contribution < -0.4 is 4.74 Å². The maximum Gasteiger partial charge on any atom is 0.119 e. The fraction of sp³-hybridized carbons (Fsp3) is 0.562. The molecule has 1 heterocycles. The van der Waals surface area contributed by atoms with Gasteiger partial charge in [-0.25, -0.2) is 0 Å². The molecule has 1 saturated heterocycles. The van der Waals surface area contributed by atoms with E-state index in [9.17, 15) is 0 Å². The number of benzene rings is 1. The highest BCUT2D eigenvalue weighted by Crippen LogP contribution is 2.32. The topological polar surface area (TPSA) is 36.3 Å². The van der Waals surface area contributed by atoms with Gasteiger partial charge in [0.2, 0.25) is 0 Å². The molecule has 19 heavy (non-hydrogen) atoms. The molecule has 0 N–H and O–H groups in total. The Morgan fingerprint density at radius 3 is 2.84 bits per heavy atom. The monoisotopic (exact) mass is 258 g/mol. The van der Waals surface area contributed by atoms with E-state index in [-0.39, 0.29) is 0 Å². The minimum absolute atomic E-state index is 0.523. The fourth-order valence-corrected chi connectivity index (χ4v) is 2.79. The van der Waals surface area contributed by atoms with Crippen LogP contribution in [-0.4, -0.2) is 24.6 Å². The van der Waals surface area contributed by atoms with E-state index in [0.29, 0.717) is 19.1 Å². The van der Waals surface area contributed by atoms with Crippen LogP contribution in [0.2, 0.25) is 0 Å². The van der Waals surface area contributed by atoms with Gasteiger partial charge in [-0.05, 0) is 57.0 Å². The molecule has 0 spiro atoms. The largest absolute Gasteiger partial charge is 0.494 e. The van der Waals surface area contributed by atoms with Gasteiger partial charge in [-0.3, -0.25) is 4.90 Å². The van der Waals surface area contributed by atoms with Gasteiger partial charge in [0.25, 0.3) is 0 Å². The van der Waals surface area contributed by atoms with Crippen molar-refractivity contribution in [2.24, 2.45) is 0 Å². The van der Waals surface area contributed by atoms with Crippen LogP contribution in [0.3, 0.4) is 0 Å². The fourth-order valence-electron chi connectivity index (χ4n) is 2.79. The van der Waals surface area contributed by atoms with E-state index >= 15 is 0 Å². The highest BCUT2D eigenvalue weighted by molar-refractivity contribution is 5.29. The van der Waals surface area contributed by atoms with E-state index < -0.39 is 0 Å². The highest BCUT2D eigenvalue weighted by atomic mass is 16.5. The molecule has 0 saturated carbocycles. The van der Waals surface area contributed by atoms with Crippen LogP contribution in [0, 0.1) is 11.3 Å². The van der Waals surface area contributed by atoms with Crippen molar-refractivity contribution in [3.05, 3.63) is 29.8 Å². The zero-order chi connectivity index (χ0) is 13.5. The predicted molar refractivity (Wildman–Crippen MR) is 76.0 cm³/mol. The average Bonchev–Trinajstić information content (AvgIpc) is 2.89. The first-order valence-electron chi connectivity index (χ1n) is 7.19. The van der Waals surface area contributed by atoms with Crippen molar-refractivity contribution in [3.63, 3.8) is 0 Å². The standard InChI is InChI=1S/C16H22N2O/c1-2-19-15-9-7-14(8-10-15)16-6-5-13-18(16)12-4-3-11-17/h7-10,16H,2-6,12-13H2,1H3.